The minimum absolute atomic E-state index is 0.0683. The number of nitrogens with one attached hydrogen (secondary N) is 1. The molecule has 8 heteroatoms. The third-order valence-electron chi connectivity index (χ3n) is 3.54. The van der Waals surface area contributed by atoms with Crippen molar-refractivity contribution in [2.75, 3.05) is 11.4 Å². The number of carbonyl (C=O) groups excluding carboxylic acids is 2. The van der Waals surface area contributed by atoms with Crippen LogP contribution in [-0.4, -0.2) is 35.1 Å². The molecule has 0 saturated heterocycles. The number of hydrogen-bond acceptors (Lipinski definition) is 5. The lowest BCUT2D eigenvalue weighted by Crippen LogP contribution is -2.47. The maximum absolute atomic E-state index is 12.6. The Kier molecular flexibility index (Phi) is 4.77. The number of fused-ring (bicyclic) bond motifs is 1. The minimum atomic E-state index is -0.801. The molecule has 1 atom stereocenters. The Hall–Kier alpha value is -2.64. The van der Waals surface area contributed by atoms with E-state index >= 15 is 0 Å². The molecule has 1 N–H and O–H groups in total. The standard InChI is InChI=1S/C16H21N3O5/c1-10(17-15(21)24-16(2,3)4)14(20)18-8-7-11-5-6-12(19(22)23)9-13(11)18/h5-6,9-10H,7-8H2,1-4H3,(H,17,21)/t10-/m1/s1. The zero-order chi connectivity index (χ0) is 18.1. The number of amides is 2. The number of carbonyl (C=O) groups is 2. The molecule has 0 spiro atoms. The number of nitro benzene ring substituents is 1. The Morgan fingerprint density at radius 1 is 1.38 bits per heavy atom. The van der Waals surface area contributed by atoms with Gasteiger partial charge in [-0.15, -0.1) is 0 Å². The highest BCUT2D eigenvalue weighted by atomic mass is 16.6. The lowest BCUT2D eigenvalue weighted by atomic mass is 10.1. The van der Waals surface area contributed by atoms with Crippen molar-refractivity contribution in [2.45, 2.75) is 45.8 Å². The molecule has 1 aliphatic heterocycles. The van der Waals surface area contributed by atoms with Crippen molar-refractivity contribution in [2.24, 2.45) is 0 Å². The maximum Gasteiger partial charge on any atom is 0.408 e. The molecule has 2 rings (SSSR count). The maximum atomic E-state index is 12.6. The molecule has 130 valence electrons. The summed E-state index contributed by atoms with van der Waals surface area (Å²) in [6, 6.07) is 3.67. The molecule has 0 fully saturated rings. The summed E-state index contributed by atoms with van der Waals surface area (Å²) in [6.45, 7) is 7.18. The molecular formula is C16H21N3O5. The normalized spacial score (nSPS) is 14.8. The van der Waals surface area contributed by atoms with Gasteiger partial charge in [0.1, 0.15) is 11.6 Å². The zero-order valence-electron chi connectivity index (χ0n) is 14.2. The van der Waals surface area contributed by atoms with Crippen molar-refractivity contribution < 1.29 is 19.2 Å². The van der Waals surface area contributed by atoms with Crippen molar-refractivity contribution in [3.63, 3.8) is 0 Å². The van der Waals surface area contributed by atoms with Gasteiger partial charge in [-0.3, -0.25) is 14.9 Å². The van der Waals surface area contributed by atoms with E-state index in [2.05, 4.69) is 5.32 Å². The van der Waals surface area contributed by atoms with Crippen molar-refractivity contribution in [3.8, 4) is 0 Å². The highest BCUT2D eigenvalue weighted by molar-refractivity contribution is 6.00. The molecule has 1 aromatic rings. The van der Waals surface area contributed by atoms with Crippen molar-refractivity contribution in [3.05, 3.63) is 33.9 Å². The lowest BCUT2D eigenvalue weighted by molar-refractivity contribution is -0.384. The van der Waals surface area contributed by atoms with Crippen LogP contribution in [0.25, 0.3) is 0 Å². The van der Waals surface area contributed by atoms with Crippen LogP contribution in [0.15, 0.2) is 18.2 Å². The van der Waals surface area contributed by atoms with Crippen molar-refractivity contribution >= 4 is 23.4 Å². The number of alkyl carbamates (subject to hydrolysis) is 1. The molecule has 0 aromatic heterocycles. The summed E-state index contributed by atoms with van der Waals surface area (Å²) in [5.41, 5.74) is 0.667. The number of non-ortho nitro benzene ring substituents is 1. The third kappa shape index (κ3) is 4.01. The summed E-state index contributed by atoms with van der Waals surface area (Å²) in [6.07, 6.45) is -0.0556. The first-order chi connectivity index (χ1) is 11.1. The molecule has 0 aliphatic carbocycles. The van der Waals surface area contributed by atoms with Crippen LogP contribution < -0.4 is 10.2 Å². The van der Waals surface area contributed by atoms with E-state index in [1.165, 1.54) is 17.0 Å². The molecule has 8 nitrogen and oxygen atoms in total. The van der Waals surface area contributed by atoms with Gasteiger partial charge >= 0.3 is 6.09 Å². The zero-order valence-corrected chi connectivity index (χ0v) is 14.2. The Bertz CT molecular complexity index is 681. The topological polar surface area (TPSA) is 102 Å². The number of nitro groups is 1. The van der Waals surface area contributed by atoms with Crippen LogP contribution in [0, 0.1) is 10.1 Å². The fraction of sp³-hybridized carbons (Fsp3) is 0.500. The smallest absolute Gasteiger partial charge is 0.408 e. The largest absolute Gasteiger partial charge is 0.444 e. The van der Waals surface area contributed by atoms with Gasteiger partial charge < -0.3 is 15.0 Å². The summed E-state index contributed by atoms with van der Waals surface area (Å²) in [4.78, 5) is 36.2. The van der Waals surface area contributed by atoms with Gasteiger partial charge in [-0.25, -0.2) is 4.79 Å². The van der Waals surface area contributed by atoms with E-state index in [9.17, 15) is 19.7 Å². The lowest BCUT2D eigenvalue weighted by Gasteiger charge is -2.24. The first-order valence-electron chi connectivity index (χ1n) is 7.66. The fourth-order valence-corrected chi connectivity index (χ4v) is 2.49. The quantitative estimate of drug-likeness (QED) is 0.675. The molecule has 1 heterocycles. The van der Waals surface area contributed by atoms with E-state index in [-0.39, 0.29) is 11.6 Å². The first-order valence-corrected chi connectivity index (χ1v) is 7.66. The SMILES string of the molecule is C[C@@H](NC(=O)OC(C)(C)C)C(=O)N1CCc2ccc([N+](=O)[O-])cc21. The van der Waals surface area contributed by atoms with E-state index in [4.69, 9.17) is 4.74 Å². The van der Waals surface area contributed by atoms with Gasteiger partial charge in [0.05, 0.1) is 10.6 Å². The molecule has 2 amide bonds. The van der Waals surface area contributed by atoms with Gasteiger partial charge in [-0.2, -0.15) is 0 Å². The van der Waals surface area contributed by atoms with Crippen LogP contribution in [0.3, 0.4) is 0 Å². The number of anilines is 1. The molecule has 0 unspecified atom stereocenters. The summed E-state index contributed by atoms with van der Waals surface area (Å²) >= 11 is 0. The van der Waals surface area contributed by atoms with Crippen LogP contribution in [-0.2, 0) is 16.0 Å². The second kappa shape index (κ2) is 6.46. The Balaban J connectivity index is 2.11. The van der Waals surface area contributed by atoms with Gasteiger partial charge in [-0.1, -0.05) is 6.07 Å². The molecule has 24 heavy (non-hydrogen) atoms. The molecule has 1 aliphatic rings. The third-order valence-corrected chi connectivity index (χ3v) is 3.54. The summed E-state index contributed by atoms with van der Waals surface area (Å²) in [5.74, 6) is -0.333. The average molecular weight is 335 g/mol. The molecule has 0 bridgehead atoms. The van der Waals surface area contributed by atoms with Gasteiger partial charge in [0, 0.05) is 18.7 Å². The van der Waals surface area contributed by atoms with Gasteiger partial charge in [0.15, 0.2) is 0 Å². The van der Waals surface area contributed by atoms with Crippen LogP contribution in [0.2, 0.25) is 0 Å². The van der Waals surface area contributed by atoms with Gasteiger partial charge in [-0.05, 0) is 39.7 Å². The first kappa shape index (κ1) is 17.7. The monoisotopic (exact) mass is 335 g/mol. The van der Waals surface area contributed by atoms with Crippen molar-refractivity contribution in [1.29, 1.82) is 0 Å². The summed E-state index contributed by atoms with van der Waals surface area (Å²) in [5, 5.41) is 13.4. The molecule has 0 saturated carbocycles. The van der Waals surface area contributed by atoms with Crippen molar-refractivity contribution in [1.82, 2.24) is 5.32 Å². The van der Waals surface area contributed by atoms with E-state index in [0.29, 0.717) is 18.7 Å². The molecule has 1 aromatic carbocycles. The molecule has 0 radical (unpaired) electrons. The van der Waals surface area contributed by atoms with Gasteiger partial charge in [0.2, 0.25) is 5.91 Å². The van der Waals surface area contributed by atoms with E-state index in [0.717, 1.165) is 5.56 Å². The highest BCUT2D eigenvalue weighted by Crippen LogP contribution is 2.32. The Labute approximate surface area is 139 Å². The second-order valence-corrected chi connectivity index (χ2v) is 6.68. The second-order valence-electron chi connectivity index (χ2n) is 6.68. The van der Waals surface area contributed by atoms with Crippen LogP contribution in [0.5, 0.6) is 0 Å². The highest BCUT2D eigenvalue weighted by Gasteiger charge is 2.31. The summed E-state index contributed by atoms with van der Waals surface area (Å²) in [7, 11) is 0. The van der Waals surface area contributed by atoms with Gasteiger partial charge in [0.25, 0.3) is 5.69 Å². The number of rotatable bonds is 3. The number of nitrogens with zero attached hydrogens (tertiary/aromatic N) is 2. The minimum Gasteiger partial charge on any atom is -0.444 e. The predicted octanol–water partition coefficient (Wildman–Crippen LogP) is 2.40. The molecular weight excluding hydrogens is 314 g/mol. The average Bonchev–Trinajstić information content (AvgIpc) is 2.86. The Morgan fingerprint density at radius 2 is 2.04 bits per heavy atom. The predicted molar refractivity (Wildman–Crippen MR) is 88.0 cm³/mol. The van der Waals surface area contributed by atoms with Crippen LogP contribution in [0.4, 0.5) is 16.2 Å². The fourth-order valence-electron chi connectivity index (χ4n) is 2.49. The van der Waals surface area contributed by atoms with Crippen LogP contribution >= 0.6 is 0 Å². The van der Waals surface area contributed by atoms with E-state index in [1.807, 2.05) is 0 Å². The van der Waals surface area contributed by atoms with Crippen LogP contribution in [0.1, 0.15) is 33.3 Å². The Morgan fingerprint density at radius 3 is 2.62 bits per heavy atom. The summed E-state index contributed by atoms with van der Waals surface area (Å²) < 4.78 is 5.13. The number of benzene rings is 1. The number of hydrogen-bond donors (Lipinski definition) is 1. The van der Waals surface area contributed by atoms with E-state index in [1.54, 1.807) is 33.8 Å². The van der Waals surface area contributed by atoms with E-state index < -0.39 is 22.7 Å². The number of ether oxygens (including phenoxy) is 1.